The highest BCUT2D eigenvalue weighted by atomic mass is 79.9. The maximum atomic E-state index is 13.6. The van der Waals surface area contributed by atoms with Crippen molar-refractivity contribution in [1.29, 1.82) is 0 Å². The maximum Gasteiger partial charge on any atom is 0.317 e. The van der Waals surface area contributed by atoms with Gasteiger partial charge in [0, 0.05) is 199 Å². The summed E-state index contributed by atoms with van der Waals surface area (Å²) in [5.41, 5.74) is 0.363. The van der Waals surface area contributed by atoms with Crippen molar-refractivity contribution in [2.24, 2.45) is 5.41 Å². The maximum absolute atomic E-state index is 13.6. The van der Waals surface area contributed by atoms with E-state index < -0.39 is 35.3 Å². The van der Waals surface area contributed by atoms with E-state index in [4.69, 9.17) is 75.8 Å². The molecule has 1 heterocycles. The Hall–Kier alpha value is -5.71. The van der Waals surface area contributed by atoms with Crippen LogP contribution >= 0.6 is 15.9 Å². The molecule has 742 valence electrons. The van der Waals surface area contributed by atoms with E-state index in [1.807, 2.05) is 49.9 Å². The first-order valence-electron chi connectivity index (χ1n) is 46.0. The Bertz CT molecular complexity index is 2940. The van der Waals surface area contributed by atoms with Crippen LogP contribution in [-0.4, -0.2) is 422 Å². The molecule has 0 spiro atoms. The molecule has 0 radical (unpaired) electrons. The van der Waals surface area contributed by atoms with Crippen molar-refractivity contribution in [2.75, 3.05) is 316 Å². The van der Waals surface area contributed by atoms with E-state index in [1.54, 1.807) is 14.7 Å². The first-order chi connectivity index (χ1) is 61.8. The Labute approximate surface area is 769 Å². The van der Waals surface area contributed by atoms with Crippen LogP contribution in [-0.2, 0) is 125 Å². The number of ketones is 1. The number of carbonyl (C=O) groups excluding carboxylic acids is 6. The Kier molecular flexibility index (Phi) is 74.8. The summed E-state index contributed by atoms with van der Waals surface area (Å²) in [6.07, 6.45) is 10.1. The standard InChI is InChI=1S/C89H161BrN10O28/c1-88(2,3)86(111)77(96-89(4,5)6)19-7-9-27-93-82(104)74-128-68-67-127-66-65-126-64-63-125-62-61-124-60-59-123-58-57-122-56-55-121-54-29-94-87(112)78(20-8-10-26-92-81(103)70-97-30-32-98(71-83(105)106)34-36-100(73-85(109)110)37-35-99(33-31-97)72-84(107)108)95-79(101)25-53-120-52-18-51-119-50-17-49-118-48-16-47-117-46-15-45-116-44-14-43-115-42-13-41-114-40-12-39-113-38-11-28-91-80(102)69-75-21-23-76(90)24-22-75/h21-24,77-78,96H,7-20,25-74H2,1-6H3,(H,91,102)(H,92,103)(H,93,104)(H,94,112)(H,95,101)(H,105,106)(H,107,108)(H,109,110)/t77-,78-/m1/s1. The van der Waals surface area contributed by atoms with Crippen molar-refractivity contribution >= 4 is 69.2 Å². The largest absolute Gasteiger partial charge is 0.480 e. The number of carboxylic acids is 3. The van der Waals surface area contributed by atoms with Crippen LogP contribution in [0, 0.1) is 5.41 Å². The number of carbonyl (C=O) groups is 9. The first-order valence-corrected chi connectivity index (χ1v) is 46.8. The van der Waals surface area contributed by atoms with Gasteiger partial charge in [-0.2, -0.15) is 0 Å². The van der Waals surface area contributed by atoms with Gasteiger partial charge in [0.2, 0.25) is 29.5 Å². The molecule has 39 heteroatoms. The molecule has 128 heavy (non-hydrogen) atoms. The van der Waals surface area contributed by atoms with Gasteiger partial charge in [-0.05, 0) is 128 Å². The number of hydrogen-bond donors (Lipinski definition) is 9. The second-order valence-corrected chi connectivity index (χ2v) is 33.8. The predicted molar refractivity (Wildman–Crippen MR) is 484 cm³/mol. The number of carboxylic acid groups (broad SMARTS) is 3. The zero-order chi connectivity index (χ0) is 93.5. The number of halogens is 1. The van der Waals surface area contributed by atoms with E-state index in [2.05, 4.69) is 68.6 Å². The molecule has 0 bridgehead atoms. The molecule has 0 aliphatic carbocycles. The van der Waals surface area contributed by atoms with E-state index in [-0.39, 0.29) is 178 Å². The van der Waals surface area contributed by atoms with Crippen LogP contribution < -0.4 is 31.9 Å². The number of ether oxygens (including phenoxy) is 16. The summed E-state index contributed by atoms with van der Waals surface area (Å²) in [6, 6.07) is 6.61. The molecular formula is C89H161BrN10O28. The third-order valence-electron chi connectivity index (χ3n) is 19.1. The fourth-order valence-electron chi connectivity index (χ4n) is 12.5. The van der Waals surface area contributed by atoms with Gasteiger partial charge < -0.3 is 123 Å². The van der Waals surface area contributed by atoms with E-state index in [0.717, 1.165) is 67.8 Å². The first kappa shape index (κ1) is 118. The molecule has 1 saturated heterocycles. The molecule has 1 aliphatic rings. The van der Waals surface area contributed by atoms with Gasteiger partial charge in [0.25, 0.3) is 0 Å². The van der Waals surface area contributed by atoms with Gasteiger partial charge in [0.05, 0.1) is 144 Å². The average molecular weight is 1900 g/mol. The van der Waals surface area contributed by atoms with Crippen molar-refractivity contribution in [3.8, 4) is 0 Å². The molecule has 2 rings (SSSR count). The molecule has 1 fully saturated rings. The van der Waals surface area contributed by atoms with Crippen molar-refractivity contribution < 1.29 is 134 Å². The van der Waals surface area contributed by atoms with Crippen LogP contribution in [0.1, 0.15) is 143 Å². The van der Waals surface area contributed by atoms with Crippen LogP contribution in [0.15, 0.2) is 28.7 Å². The minimum absolute atomic E-state index is 0.00794. The predicted octanol–water partition coefficient (Wildman–Crippen LogP) is 3.91. The number of aliphatic carboxylic acids is 3. The molecule has 38 nitrogen and oxygen atoms in total. The van der Waals surface area contributed by atoms with Crippen LogP contribution in [0.4, 0.5) is 0 Å². The van der Waals surface area contributed by atoms with Gasteiger partial charge in [0.1, 0.15) is 12.6 Å². The summed E-state index contributed by atoms with van der Waals surface area (Å²) in [4.78, 5) is 119. The third kappa shape index (κ3) is 75.8. The quantitative estimate of drug-likeness (QED) is 0.0417. The summed E-state index contributed by atoms with van der Waals surface area (Å²) in [5, 5.41) is 46.6. The Morgan fingerprint density at radius 3 is 0.992 bits per heavy atom. The highest BCUT2D eigenvalue weighted by Gasteiger charge is 2.32. The van der Waals surface area contributed by atoms with E-state index in [0.29, 0.717) is 224 Å². The minimum Gasteiger partial charge on any atom is -0.480 e. The van der Waals surface area contributed by atoms with E-state index in [9.17, 15) is 58.5 Å². The number of benzene rings is 1. The number of amides is 5. The summed E-state index contributed by atoms with van der Waals surface area (Å²) in [6.45, 7) is 28.8. The SMILES string of the molecule is CC(C)(C)N[C@H](CCCCNC(=O)COCCOCCOCCOCCOCCOCCOCCOCCNC(=O)[C@@H](CCCCNC(=O)CN1CCN(CC(=O)O)CCN(CC(=O)O)CCN(CC(=O)O)CC1)NC(=O)CCOCCCOCCCOCCCOCCCOCCCOCCCOCCCOCCCNC(=O)Cc1ccc(Br)cc1)C(=O)C(C)(C)C. The number of nitrogens with one attached hydrogen (secondary N) is 6. The van der Waals surface area contributed by atoms with Gasteiger partial charge in [-0.1, -0.05) is 48.8 Å². The lowest BCUT2D eigenvalue weighted by Gasteiger charge is -2.32. The van der Waals surface area contributed by atoms with Crippen molar-refractivity contribution in [1.82, 2.24) is 51.5 Å². The van der Waals surface area contributed by atoms with Crippen LogP contribution in [0.3, 0.4) is 0 Å². The van der Waals surface area contributed by atoms with Crippen LogP contribution in [0.2, 0.25) is 0 Å². The van der Waals surface area contributed by atoms with Crippen LogP contribution in [0.25, 0.3) is 0 Å². The molecular weight excluding hydrogens is 1740 g/mol. The summed E-state index contributed by atoms with van der Waals surface area (Å²) in [5.74, 6) is -4.23. The van der Waals surface area contributed by atoms with Gasteiger partial charge in [-0.25, -0.2) is 0 Å². The lowest BCUT2D eigenvalue weighted by molar-refractivity contribution is -0.140. The number of hydrogen-bond acceptors (Lipinski definition) is 30. The summed E-state index contributed by atoms with van der Waals surface area (Å²) < 4.78 is 91.2. The Morgan fingerprint density at radius 2 is 0.633 bits per heavy atom. The average Bonchev–Trinajstić information content (AvgIpc) is 0.850. The Balaban J connectivity index is 1.57. The van der Waals surface area contributed by atoms with E-state index in [1.165, 1.54) is 0 Å². The molecule has 1 aliphatic heterocycles. The van der Waals surface area contributed by atoms with Gasteiger partial charge >= 0.3 is 17.9 Å². The van der Waals surface area contributed by atoms with Gasteiger partial charge in [-0.3, -0.25) is 62.8 Å². The van der Waals surface area contributed by atoms with Gasteiger partial charge in [0.15, 0.2) is 5.78 Å². The van der Waals surface area contributed by atoms with Crippen molar-refractivity contribution in [3.05, 3.63) is 34.3 Å². The molecule has 2 atom stereocenters. The summed E-state index contributed by atoms with van der Waals surface area (Å²) >= 11 is 3.40. The zero-order valence-electron chi connectivity index (χ0n) is 77.9. The fraction of sp³-hybridized carbons (Fsp3) is 0.831. The van der Waals surface area contributed by atoms with Crippen LogP contribution in [0.5, 0.6) is 0 Å². The summed E-state index contributed by atoms with van der Waals surface area (Å²) in [7, 11) is 0. The number of nitrogens with zero attached hydrogens (tertiary/aromatic N) is 4. The van der Waals surface area contributed by atoms with Gasteiger partial charge in [-0.15, -0.1) is 0 Å². The normalized spacial score (nSPS) is 14.1. The molecule has 0 aromatic heterocycles. The fourth-order valence-corrected chi connectivity index (χ4v) is 12.8. The zero-order valence-corrected chi connectivity index (χ0v) is 79.5. The molecule has 1 aromatic rings. The molecule has 1 aromatic carbocycles. The third-order valence-corrected chi connectivity index (χ3v) is 19.7. The molecule has 0 saturated carbocycles. The number of Topliss-reactive ketones (excluding diaryl/α,β-unsaturated/α-hetero) is 1. The second-order valence-electron chi connectivity index (χ2n) is 32.9. The van der Waals surface area contributed by atoms with Crippen molar-refractivity contribution in [2.45, 2.75) is 162 Å². The molecule has 5 amide bonds. The minimum atomic E-state index is -1.05. The topological polar surface area (TPSA) is 447 Å². The lowest BCUT2D eigenvalue weighted by atomic mass is 9.84. The smallest absolute Gasteiger partial charge is 0.317 e. The Morgan fingerprint density at radius 1 is 0.328 bits per heavy atom. The lowest BCUT2D eigenvalue weighted by Crippen LogP contribution is -2.50. The number of rotatable bonds is 85. The second kappa shape index (κ2) is 80.9. The molecule has 0 unspecified atom stereocenters. The highest BCUT2D eigenvalue weighted by Crippen LogP contribution is 2.21. The number of unbranched alkanes of at least 4 members (excludes halogenated alkanes) is 2. The monoisotopic (exact) mass is 1900 g/mol. The van der Waals surface area contributed by atoms with E-state index >= 15 is 0 Å². The highest BCUT2D eigenvalue weighted by molar-refractivity contribution is 9.10. The van der Waals surface area contributed by atoms with Crippen molar-refractivity contribution in [3.63, 3.8) is 0 Å². The molecule has 9 N–H and O–H groups in total.